The van der Waals surface area contributed by atoms with Crippen LogP contribution in [0.15, 0.2) is 12.1 Å². The summed E-state index contributed by atoms with van der Waals surface area (Å²) in [5.74, 6) is -4.51. The van der Waals surface area contributed by atoms with Crippen molar-refractivity contribution in [3.63, 3.8) is 0 Å². The molecule has 0 aromatic heterocycles. The van der Waals surface area contributed by atoms with Crippen LogP contribution < -0.4 is 10.2 Å². The quantitative estimate of drug-likeness (QED) is 0.503. The Hall–Kier alpha value is -1.27. The van der Waals surface area contributed by atoms with Gasteiger partial charge in [-0.05, 0) is 12.1 Å². The van der Waals surface area contributed by atoms with Crippen LogP contribution in [0.1, 0.15) is 0 Å². The molecule has 0 saturated heterocycles. The van der Waals surface area contributed by atoms with Gasteiger partial charge in [0, 0.05) is 0 Å². The third-order valence-corrected chi connectivity index (χ3v) is 1.24. The van der Waals surface area contributed by atoms with Crippen LogP contribution in [0.5, 0.6) is 5.75 Å². The van der Waals surface area contributed by atoms with Gasteiger partial charge in [-0.15, -0.1) is 13.2 Å². The van der Waals surface area contributed by atoms with E-state index in [0.29, 0.717) is 12.1 Å². The fraction of sp³-hybridized carbons (Fsp3) is 0.143. The lowest BCUT2D eigenvalue weighted by Crippen LogP contribution is -2.20. The van der Waals surface area contributed by atoms with E-state index in [1.165, 1.54) is 0 Å². The van der Waals surface area contributed by atoms with E-state index in [9.17, 15) is 22.0 Å². The average molecular weight is 208 g/mol. The minimum Gasteiger partial charge on any atom is -0.399 e. The van der Waals surface area contributed by atoms with Crippen molar-refractivity contribution >= 4 is 13.3 Å². The molecule has 0 aliphatic heterocycles. The smallest absolute Gasteiger partial charge is 0.399 e. The van der Waals surface area contributed by atoms with Gasteiger partial charge in [-0.2, -0.15) is 0 Å². The van der Waals surface area contributed by atoms with E-state index in [0.717, 1.165) is 0 Å². The van der Waals surface area contributed by atoms with Crippen LogP contribution in [0.4, 0.5) is 22.0 Å². The number of halogens is 5. The molecule has 0 spiro atoms. The highest BCUT2D eigenvalue weighted by Gasteiger charge is 2.33. The van der Waals surface area contributed by atoms with Crippen molar-refractivity contribution in [1.82, 2.24) is 0 Å². The third-order valence-electron chi connectivity index (χ3n) is 1.24. The first-order valence-corrected chi connectivity index (χ1v) is 3.30. The molecule has 0 fully saturated rings. The van der Waals surface area contributed by atoms with E-state index in [2.05, 4.69) is 4.74 Å². The fourth-order valence-corrected chi connectivity index (χ4v) is 0.793. The molecule has 1 aromatic carbocycles. The Morgan fingerprint density at radius 3 is 1.86 bits per heavy atom. The summed E-state index contributed by atoms with van der Waals surface area (Å²) in [5, 5.41) is 0. The summed E-state index contributed by atoms with van der Waals surface area (Å²) in [6.45, 7) is 0. The molecule has 0 aliphatic carbocycles. The van der Waals surface area contributed by atoms with Gasteiger partial charge in [0.05, 0.1) is 0 Å². The van der Waals surface area contributed by atoms with Gasteiger partial charge in [-0.3, -0.25) is 0 Å². The summed E-state index contributed by atoms with van der Waals surface area (Å²) in [5.41, 5.74) is -0.325. The molecule has 0 saturated carbocycles. The predicted molar refractivity (Wildman–Crippen MR) is 38.4 cm³/mol. The summed E-state index contributed by atoms with van der Waals surface area (Å²) in [4.78, 5) is 0. The molecule has 0 atom stereocenters. The second kappa shape index (κ2) is 3.47. The van der Waals surface area contributed by atoms with Crippen molar-refractivity contribution in [1.29, 1.82) is 0 Å². The van der Waals surface area contributed by atoms with Crippen LogP contribution in [-0.2, 0) is 0 Å². The molecule has 1 rings (SSSR count). The first kappa shape index (κ1) is 10.8. The second-order valence-corrected chi connectivity index (χ2v) is 2.36. The molecule has 7 heteroatoms. The van der Waals surface area contributed by atoms with Crippen LogP contribution in [-0.4, -0.2) is 14.2 Å². The maximum atomic E-state index is 12.7. The highest BCUT2D eigenvalue weighted by molar-refractivity contribution is 6.32. The number of hydrogen-bond donors (Lipinski definition) is 0. The normalized spacial score (nSPS) is 11.5. The first-order chi connectivity index (χ1) is 6.29. The molecule has 0 unspecified atom stereocenters. The second-order valence-electron chi connectivity index (χ2n) is 2.36. The molecule has 74 valence electrons. The van der Waals surface area contributed by atoms with Crippen LogP contribution in [0.2, 0.25) is 0 Å². The van der Waals surface area contributed by atoms with E-state index in [4.69, 9.17) is 7.85 Å². The molecule has 1 aromatic rings. The van der Waals surface area contributed by atoms with Gasteiger partial charge in [-0.25, -0.2) is 8.78 Å². The molecular formula is C7H2BF5O. The van der Waals surface area contributed by atoms with Gasteiger partial charge >= 0.3 is 6.36 Å². The summed E-state index contributed by atoms with van der Waals surface area (Å²) < 4.78 is 63.4. The zero-order chi connectivity index (χ0) is 10.9. The van der Waals surface area contributed by atoms with Crippen LogP contribution in [0, 0.1) is 11.6 Å². The van der Waals surface area contributed by atoms with E-state index >= 15 is 0 Å². The molecule has 1 nitrogen and oxygen atoms in total. The molecule has 0 amide bonds. The van der Waals surface area contributed by atoms with E-state index in [-0.39, 0.29) is 5.46 Å². The van der Waals surface area contributed by atoms with Gasteiger partial charge in [0.1, 0.15) is 7.85 Å². The highest BCUT2D eigenvalue weighted by atomic mass is 19.4. The summed E-state index contributed by atoms with van der Waals surface area (Å²) in [7, 11) is 4.98. The Bertz CT molecular complexity index is 325. The van der Waals surface area contributed by atoms with Gasteiger partial charge in [0.25, 0.3) is 0 Å². The molecule has 0 N–H and O–H groups in total. The fourth-order valence-electron chi connectivity index (χ4n) is 0.793. The van der Waals surface area contributed by atoms with Crippen molar-refractivity contribution in [2.45, 2.75) is 6.36 Å². The molecule has 0 heterocycles. The van der Waals surface area contributed by atoms with Gasteiger partial charge in [0.15, 0.2) is 11.6 Å². The van der Waals surface area contributed by atoms with Gasteiger partial charge in [-0.1, -0.05) is 5.46 Å². The standard InChI is InChI=1S/C7H2BF5O/c8-3-1-4(9)6(5(10)2-3)14-7(11,12)13/h1-2H. The number of ether oxygens (including phenoxy) is 1. The first-order valence-electron chi connectivity index (χ1n) is 3.30. The zero-order valence-electron chi connectivity index (χ0n) is 6.53. The van der Waals surface area contributed by atoms with Gasteiger partial charge in [0.2, 0.25) is 5.75 Å². The minimum absolute atomic E-state index is 0.325. The van der Waals surface area contributed by atoms with Gasteiger partial charge < -0.3 is 4.74 Å². The number of rotatable bonds is 1. The minimum atomic E-state index is -5.14. The topological polar surface area (TPSA) is 9.23 Å². The summed E-state index contributed by atoms with van der Waals surface area (Å²) in [6, 6.07) is 1.06. The van der Waals surface area contributed by atoms with E-state index in [1.807, 2.05) is 0 Å². The predicted octanol–water partition coefficient (Wildman–Crippen LogP) is 1.66. The van der Waals surface area contributed by atoms with Crippen molar-refractivity contribution in [2.24, 2.45) is 0 Å². The third kappa shape index (κ3) is 2.61. The van der Waals surface area contributed by atoms with E-state index in [1.54, 1.807) is 0 Å². The molecule has 14 heavy (non-hydrogen) atoms. The zero-order valence-corrected chi connectivity index (χ0v) is 6.53. The lowest BCUT2D eigenvalue weighted by Gasteiger charge is -2.10. The Labute approximate surface area is 76.9 Å². The molecule has 2 radical (unpaired) electrons. The molecular weight excluding hydrogens is 206 g/mol. The Morgan fingerprint density at radius 2 is 1.50 bits per heavy atom. The van der Waals surface area contributed by atoms with Crippen LogP contribution in [0.25, 0.3) is 0 Å². The lowest BCUT2D eigenvalue weighted by molar-refractivity contribution is -0.276. The van der Waals surface area contributed by atoms with E-state index < -0.39 is 23.7 Å². The maximum Gasteiger partial charge on any atom is 0.573 e. The maximum absolute atomic E-state index is 12.7. The van der Waals surface area contributed by atoms with Crippen molar-refractivity contribution < 1.29 is 26.7 Å². The Kier molecular flexibility index (Phi) is 2.68. The number of alkyl halides is 3. The highest BCUT2D eigenvalue weighted by Crippen LogP contribution is 2.27. The Morgan fingerprint density at radius 1 is 1.07 bits per heavy atom. The van der Waals surface area contributed by atoms with Crippen molar-refractivity contribution in [3.05, 3.63) is 23.8 Å². The van der Waals surface area contributed by atoms with Crippen LogP contribution in [0.3, 0.4) is 0 Å². The monoisotopic (exact) mass is 208 g/mol. The average Bonchev–Trinajstić information content (AvgIpc) is 1.95. The lowest BCUT2D eigenvalue weighted by atomic mass is 9.96. The molecule has 0 aliphatic rings. The summed E-state index contributed by atoms with van der Waals surface area (Å²) in [6.07, 6.45) is -5.14. The van der Waals surface area contributed by atoms with Crippen LogP contribution >= 0.6 is 0 Å². The largest absolute Gasteiger partial charge is 0.573 e. The SMILES string of the molecule is [B]c1cc(F)c(OC(F)(F)F)c(F)c1. The molecule has 0 bridgehead atoms. The van der Waals surface area contributed by atoms with Crippen molar-refractivity contribution in [2.75, 3.05) is 0 Å². The van der Waals surface area contributed by atoms with Crippen molar-refractivity contribution in [3.8, 4) is 5.75 Å². The number of hydrogen-bond acceptors (Lipinski definition) is 1. The number of benzene rings is 1. The Balaban J connectivity index is 3.09. The summed E-state index contributed by atoms with van der Waals surface area (Å²) >= 11 is 0.